The second kappa shape index (κ2) is 9.05. The smallest absolute Gasteiger partial charge is 0.0462 e. The van der Waals surface area contributed by atoms with Crippen molar-refractivity contribution in [3.63, 3.8) is 0 Å². The molecule has 0 atom stereocenters. The summed E-state index contributed by atoms with van der Waals surface area (Å²) in [4.78, 5) is 2.28. The zero-order valence-electron chi connectivity index (χ0n) is 16.1. The molecule has 0 unspecified atom stereocenters. The van der Waals surface area contributed by atoms with Crippen molar-refractivity contribution >= 4 is 29.2 Å². The van der Waals surface area contributed by atoms with Crippen molar-refractivity contribution in [1.82, 2.24) is 0 Å². The van der Waals surface area contributed by atoms with Gasteiger partial charge in [-0.1, -0.05) is 75.1 Å². The Labute approximate surface area is 163 Å². The molecule has 1 heteroatoms. The van der Waals surface area contributed by atoms with E-state index in [1.54, 1.807) is 0 Å². The predicted octanol–water partition coefficient (Wildman–Crippen LogP) is 7.79. The molecule has 0 spiro atoms. The Hall–Kier alpha value is -3.06. The van der Waals surface area contributed by atoms with E-state index in [1.807, 2.05) is 12.2 Å². The van der Waals surface area contributed by atoms with E-state index in [0.29, 0.717) is 0 Å². The lowest BCUT2D eigenvalue weighted by molar-refractivity contribution is 0.795. The van der Waals surface area contributed by atoms with Gasteiger partial charge >= 0.3 is 0 Å². The highest BCUT2D eigenvalue weighted by molar-refractivity contribution is 5.77. The van der Waals surface area contributed by atoms with Crippen molar-refractivity contribution in [3.8, 4) is 0 Å². The second-order valence-corrected chi connectivity index (χ2v) is 6.70. The van der Waals surface area contributed by atoms with Crippen LogP contribution in [0.25, 0.3) is 12.2 Å². The molecule has 3 aromatic carbocycles. The van der Waals surface area contributed by atoms with Crippen LogP contribution in [0.1, 0.15) is 36.5 Å². The molecule has 1 nitrogen and oxygen atoms in total. The van der Waals surface area contributed by atoms with Gasteiger partial charge in [0.2, 0.25) is 0 Å². The van der Waals surface area contributed by atoms with Gasteiger partial charge in [0, 0.05) is 17.1 Å². The third kappa shape index (κ3) is 4.57. The van der Waals surface area contributed by atoms with Crippen LogP contribution in [0.15, 0.2) is 86.0 Å². The molecule has 0 amide bonds. The molecule has 0 saturated heterocycles. The number of hydrogen-bond donors (Lipinski definition) is 0. The van der Waals surface area contributed by atoms with Crippen molar-refractivity contribution in [3.05, 3.63) is 103 Å². The maximum absolute atomic E-state index is 3.85. The highest BCUT2D eigenvalue weighted by Gasteiger charge is 2.12. The van der Waals surface area contributed by atoms with Gasteiger partial charge in [-0.25, -0.2) is 0 Å². The van der Waals surface area contributed by atoms with Crippen molar-refractivity contribution in [2.75, 3.05) is 4.90 Å². The average Bonchev–Trinajstić information content (AvgIpc) is 2.74. The minimum atomic E-state index is 1.12. The van der Waals surface area contributed by atoms with Crippen LogP contribution in [-0.2, 0) is 6.42 Å². The Bertz CT molecular complexity index is 820. The van der Waals surface area contributed by atoms with Crippen LogP contribution in [0.4, 0.5) is 17.1 Å². The van der Waals surface area contributed by atoms with Crippen LogP contribution in [0, 0.1) is 0 Å². The Kier molecular flexibility index (Phi) is 6.27. The summed E-state index contributed by atoms with van der Waals surface area (Å²) in [6.07, 6.45) is 7.33. The molecule has 0 bridgehead atoms. The number of unbranched alkanes of at least 4 members (excludes halogenated alkanes) is 1. The van der Waals surface area contributed by atoms with E-state index >= 15 is 0 Å². The first-order valence-corrected chi connectivity index (χ1v) is 9.59. The van der Waals surface area contributed by atoms with Crippen LogP contribution in [0.3, 0.4) is 0 Å². The van der Waals surface area contributed by atoms with Gasteiger partial charge in [-0.15, -0.1) is 0 Å². The molecule has 0 fully saturated rings. The Balaban J connectivity index is 1.99. The molecule has 0 aromatic heterocycles. The van der Waals surface area contributed by atoms with Crippen LogP contribution in [0.2, 0.25) is 0 Å². The van der Waals surface area contributed by atoms with Gasteiger partial charge in [-0.2, -0.15) is 0 Å². The van der Waals surface area contributed by atoms with Gasteiger partial charge < -0.3 is 4.90 Å². The SMILES string of the molecule is C=Cc1ccc(N(c2ccc(C=C)cc2)c2ccc(CCCC)cc2)cc1. The Morgan fingerprint density at radius 2 is 1.07 bits per heavy atom. The molecule has 27 heavy (non-hydrogen) atoms. The van der Waals surface area contributed by atoms with Gasteiger partial charge in [-0.3, -0.25) is 0 Å². The van der Waals surface area contributed by atoms with E-state index < -0.39 is 0 Å². The Morgan fingerprint density at radius 3 is 1.44 bits per heavy atom. The third-order valence-electron chi connectivity index (χ3n) is 4.79. The standard InChI is InChI=1S/C26H27N/c1-4-7-8-23-13-19-26(20-14-23)27(24-15-9-21(5-2)10-16-24)25-17-11-22(6-3)12-18-25/h5-6,9-20H,2-4,7-8H2,1H3. The van der Waals surface area contributed by atoms with E-state index in [-0.39, 0.29) is 0 Å². The van der Waals surface area contributed by atoms with E-state index in [2.05, 4.69) is 97.8 Å². The lowest BCUT2D eigenvalue weighted by Gasteiger charge is -2.26. The fourth-order valence-corrected chi connectivity index (χ4v) is 3.16. The van der Waals surface area contributed by atoms with Crippen LogP contribution in [-0.4, -0.2) is 0 Å². The average molecular weight is 354 g/mol. The number of nitrogens with zero attached hydrogens (tertiary/aromatic N) is 1. The molecule has 3 rings (SSSR count). The van der Waals surface area contributed by atoms with Crippen molar-refractivity contribution in [2.24, 2.45) is 0 Å². The minimum absolute atomic E-state index is 1.12. The molecule has 136 valence electrons. The van der Waals surface area contributed by atoms with Crippen LogP contribution >= 0.6 is 0 Å². The number of anilines is 3. The third-order valence-corrected chi connectivity index (χ3v) is 4.79. The molecule has 0 N–H and O–H groups in total. The first-order valence-electron chi connectivity index (χ1n) is 9.59. The zero-order chi connectivity index (χ0) is 19.1. The van der Waals surface area contributed by atoms with E-state index in [9.17, 15) is 0 Å². The quantitative estimate of drug-likeness (QED) is 0.399. The normalized spacial score (nSPS) is 10.4. The summed E-state index contributed by atoms with van der Waals surface area (Å²) in [5.74, 6) is 0. The second-order valence-electron chi connectivity index (χ2n) is 6.70. The summed E-state index contributed by atoms with van der Waals surface area (Å²) in [6, 6.07) is 25.9. The Morgan fingerprint density at radius 1 is 0.667 bits per heavy atom. The van der Waals surface area contributed by atoms with E-state index in [4.69, 9.17) is 0 Å². The molecular weight excluding hydrogens is 326 g/mol. The molecule has 0 radical (unpaired) electrons. The van der Waals surface area contributed by atoms with Gasteiger partial charge in [0.25, 0.3) is 0 Å². The molecule has 0 heterocycles. The van der Waals surface area contributed by atoms with Gasteiger partial charge in [-0.05, 0) is 65.9 Å². The highest BCUT2D eigenvalue weighted by Crippen LogP contribution is 2.35. The van der Waals surface area contributed by atoms with Crippen molar-refractivity contribution in [1.29, 1.82) is 0 Å². The van der Waals surface area contributed by atoms with E-state index in [0.717, 1.165) is 34.6 Å². The van der Waals surface area contributed by atoms with Gasteiger partial charge in [0.05, 0.1) is 0 Å². The summed E-state index contributed by atoms with van der Waals surface area (Å²) in [7, 11) is 0. The first-order chi connectivity index (χ1) is 13.2. The largest absolute Gasteiger partial charge is 0.311 e. The number of hydrogen-bond acceptors (Lipinski definition) is 1. The van der Waals surface area contributed by atoms with Crippen LogP contribution in [0.5, 0.6) is 0 Å². The lowest BCUT2D eigenvalue weighted by atomic mass is 10.1. The molecule has 0 aliphatic heterocycles. The minimum Gasteiger partial charge on any atom is -0.311 e. The fourth-order valence-electron chi connectivity index (χ4n) is 3.16. The molecule has 0 aliphatic carbocycles. The van der Waals surface area contributed by atoms with Crippen molar-refractivity contribution in [2.45, 2.75) is 26.2 Å². The summed E-state index contributed by atoms with van der Waals surface area (Å²) in [5.41, 5.74) is 7.06. The number of aryl methyl sites for hydroxylation is 1. The maximum Gasteiger partial charge on any atom is 0.0462 e. The monoisotopic (exact) mass is 353 g/mol. The maximum atomic E-state index is 3.85. The van der Waals surface area contributed by atoms with E-state index in [1.165, 1.54) is 18.4 Å². The predicted molar refractivity (Wildman–Crippen MR) is 120 cm³/mol. The number of benzene rings is 3. The van der Waals surface area contributed by atoms with Gasteiger partial charge in [0.1, 0.15) is 0 Å². The fraction of sp³-hybridized carbons (Fsp3) is 0.154. The zero-order valence-corrected chi connectivity index (χ0v) is 16.1. The molecule has 3 aromatic rings. The van der Waals surface area contributed by atoms with Crippen LogP contribution < -0.4 is 4.90 Å². The van der Waals surface area contributed by atoms with Crippen molar-refractivity contribution < 1.29 is 0 Å². The molecule has 0 saturated carbocycles. The summed E-state index contributed by atoms with van der Waals surface area (Å²) in [6.45, 7) is 9.94. The highest BCUT2D eigenvalue weighted by atomic mass is 15.1. The topological polar surface area (TPSA) is 3.24 Å². The summed E-state index contributed by atoms with van der Waals surface area (Å²) in [5, 5.41) is 0. The summed E-state index contributed by atoms with van der Waals surface area (Å²) >= 11 is 0. The number of rotatable bonds is 8. The summed E-state index contributed by atoms with van der Waals surface area (Å²) < 4.78 is 0. The first kappa shape index (κ1) is 18.7. The lowest BCUT2D eigenvalue weighted by Crippen LogP contribution is -2.10. The molecule has 0 aliphatic rings. The van der Waals surface area contributed by atoms with Gasteiger partial charge in [0.15, 0.2) is 0 Å². The molecular formula is C26H27N.